The Hall–Kier alpha value is -2.72. The highest BCUT2D eigenvalue weighted by atomic mass is 32.4. The summed E-state index contributed by atoms with van der Waals surface area (Å²) in [5, 5.41) is 5.99. The zero-order chi connectivity index (χ0) is 28.6. The molecular weight excluding hydrogens is 521 g/mol. The third-order valence-electron chi connectivity index (χ3n) is 7.12. The number of rotatable bonds is 7. The van der Waals surface area contributed by atoms with Crippen molar-refractivity contribution in [3.8, 4) is 5.75 Å². The number of esters is 1. The lowest BCUT2D eigenvalue weighted by Gasteiger charge is -2.31. The fourth-order valence-corrected chi connectivity index (χ4v) is 8.40. The van der Waals surface area contributed by atoms with Crippen LogP contribution in [0.4, 0.5) is 0 Å². The minimum absolute atomic E-state index is 0.0884. The number of carbonyl (C=O) groups is 1. The lowest BCUT2D eigenvalue weighted by atomic mass is 9.78. The molecule has 0 saturated heterocycles. The van der Waals surface area contributed by atoms with Crippen LogP contribution in [-0.4, -0.2) is 18.7 Å². The van der Waals surface area contributed by atoms with Crippen molar-refractivity contribution in [3.05, 3.63) is 102 Å². The van der Waals surface area contributed by atoms with Crippen molar-refractivity contribution in [3.63, 3.8) is 0 Å². The first kappa shape index (κ1) is 29.3. The molecule has 0 radical (unpaired) electrons. The van der Waals surface area contributed by atoms with Crippen molar-refractivity contribution >= 4 is 34.6 Å². The molecule has 1 heterocycles. The standard InChI is InChI=1S/C33H40NO3PS/c1-9-36-31(35)22(2)29-28(26-20-23(32(3,4)5)21-27(30(26)37-29)33(6,7)8)34-38(39,24-16-12-10-13-17-24)25-18-14-11-15-19-25/h10-21,28-29H,2,9H2,1,3-8H3,(H,34,39)/t28-,29+/m1/s1. The van der Waals surface area contributed by atoms with Gasteiger partial charge in [-0.05, 0) is 29.4 Å². The number of ether oxygens (including phenoxy) is 2. The van der Waals surface area contributed by atoms with Gasteiger partial charge < -0.3 is 9.47 Å². The molecule has 2 atom stereocenters. The molecule has 206 valence electrons. The topological polar surface area (TPSA) is 47.6 Å². The summed E-state index contributed by atoms with van der Waals surface area (Å²) in [7, 11) is 0. The molecule has 4 nitrogen and oxygen atoms in total. The minimum atomic E-state index is -2.55. The normalized spacial score (nSPS) is 17.3. The number of benzene rings is 3. The summed E-state index contributed by atoms with van der Waals surface area (Å²) in [5.74, 6) is 0.342. The van der Waals surface area contributed by atoms with Crippen LogP contribution in [0.2, 0.25) is 0 Å². The second kappa shape index (κ2) is 11.0. The van der Waals surface area contributed by atoms with E-state index in [1.54, 1.807) is 6.92 Å². The van der Waals surface area contributed by atoms with Crippen LogP contribution in [0.15, 0.2) is 84.9 Å². The second-order valence-corrected chi connectivity index (χ2v) is 16.3. The number of nitrogens with one attached hydrogen (secondary N) is 1. The van der Waals surface area contributed by atoms with Crippen LogP contribution in [0.5, 0.6) is 5.75 Å². The van der Waals surface area contributed by atoms with E-state index in [1.807, 2.05) is 36.4 Å². The van der Waals surface area contributed by atoms with E-state index in [0.29, 0.717) is 0 Å². The molecule has 0 fully saturated rings. The zero-order valence-electron chi connectivity index (χ0n) is 24.1. The van der Waals surface area contributed by atoms with E-state index in [1.165, 1.54) is 5.56 Å². The Morgan fingerprint density at radius 3 is 1.95 bits per heavy atom. The van der Waals surface area contributed by atoms with Gasteiger partial charge in [0.25, 0.3) is 0 Å². The molecule has 0 amide bonds. The largest absolute Gasteiger partial charge is 0.483 e. The van der Waals surface area contributed by atoms with Crippen LogP contribution in [0.25, 0.3) is 0 Å². The van der Waals surface area contributed by atoms with Gasteiger partial charge in [-0.1, -0.05) is 127 Å². The van der Waals surface area contributed by atoms with Crippen molar-refractivity contribution < 1.29 is 14.3 Å². The minimum Gasteiger partial charge on any atom is -0.483 e. The third-order valence-corrected chi connectivity index (χ3v) is 11.4. The van der Waals surface area contributed by atoms with Crippen LogP contribution >= 0.6 is 6.19 Å². The third kappa shape index (κ3) is 5.91. The molecule has 1 aliphatic rings. The van der Waals surface area contributed by atoms with Crippen molar-refractivity contribution in [2.75, 3.05) is 6.61 Å². The Labute approximate surface area is 238 Å². The van der Waals surface area contributed by atoms with Gasteiger partial charge in [0.05, 0.1) is 24.4 Å². The molecule has 0 aromatic heterocycles. The predicted octanol–water partition coefficient (Wildman–Crippen LogP) is 6.84. The highest BCUT2D eigenvalue weighted by molar-refractivity contribution is 8.20. The smallest absolute Gasteiger partial charge is 0.337 e. The average Bonchev–Trinajstić information content (AvgIpc) is 3.25. The van der Waals surface area contributed by atoms with Gasteiger partial charge in [-0.2, -0.15) is 0 Å². The first-order chi connectivity index (χ1) is 18.3. The summed E-state index contributed by atoms with van der Waals surface area (Å²) in [4.78, 5) is 13.0. The van der Waals surface area contributed by atoms with E-state index in [9.17, 15) is 4.79 Å². The van der Waals surface area contributed by atoms with E-state index >= 15 is 0 Å². The van der Waals surface area contributed by atoms with Gasteiger partial charge in [0.15, 0.2) is 0 Å². The molecule has 0 aliphatic carbocycles. The Balaban J connectivity index is 1.96. The predicted molar refractivity (Wildman–Crippen MR) is 166 cm³/mol. The fourth-order valence-electron chi connectivity index (χ4n) is 4.88. The maximum Gasteiger partial charge on any atom is 0.337 e. The SMILES string of the molecule is C=C(C(=O)OCC)[C@@H]1Oc2c(cc(C(C)(C)C)cc2C(C)(C)C)[C@H]1NP(=S)(c1ccccc1)c1ccccc1. The van der Waals surface area contributed by atoms with Crippen molar-refractivity contribution in [1.29, 1.82) is 0 Å². The molecule has 1 aliphatic heterocycles. The first-order valence-corrected chi connectivity index (χ1v) is 16.3. The summed E-state index contributed by atoms with van der Waals surface area (Å²) in [6, 6.07) is 24.5. The number of carbonyl (C=O) groups excluding carboxylic acids is 1. The molecule has 1 N–H and O–H groups in total. The van der Waals surface area contributed by atoms with Gasteiger partial charge in [-0.15, -0.1) is 0 Å². The highest BCUT2D eigenvalue weighted by Gasteiger charge is 2.44. The summed E-state index contributed by atoms with van der Waals surface area (Å²) in [6.45, 7) is 19.4. The first-order valence-electron chi connectivity index (χ1n) is 13.5. The van der Waals surface area contributed by atoms with Gasteiger partial charge in [-0.25, -0.2) is 4.79 Å². The maximum atomic E-state index is 13.0. The summed E-state index contributed by atoms with van der Waals surface area (Å²) >= 11 is 6.57. The average molecular weight is 562 g/mol. The molecule has 6 heteroatoms. The number of fused-ring (bicyclic) bond motifs is 1. The molecule has 0 saturated carbocycles. The zero-order valence-corrected chi connectivity index (χ0v) is 25.8. The van der Waals surface area contributed by atoms with Crippen LogP contribution < -0.4 is 20.4 Å². The van der Waals surface area contributed by atoms with Crippen molar-refractivity contribution in [2.24, 2.45) is 0 Å². The van der Waals surface area contributed by atoms with Crippen molar-refractivity contribution in [1.82, 2.24) is 5.09 Å². The van der Waals surface area contributed by atoms with Crippen LogP contribution in [0, 0.1) is 0 Å². The van der Waals surface area contributed by atoms with Crippen LogP contribution in [-0.2, 0) is 32.2 Å². The van der Waals surface area contributed by atoms with E-state index in [4.69, 9.17) is 21.3 Å². The molecule has 0 bridgehead atoms. The Morgan fingerprint density at radius 2 is 1.49 bits per heavy atom. The molecular formula is C33H40NO3PS. The number of hydrogen-bond donors (Lipinski definition) is 1. The second-order valence-electron chi connectivity index (χ2n) is 12.1. The molecule has 39 heavy (non-hydrogen) atoms. The van der Waals surface area contributed by atoms with Crippen molar-refractivity contribution in [2.45, 2.75) is 71.4 Å². The molecule has 3 aromatic rings. The quantitative estimate of drug-likeness (QED) is 0.195. The van der Waals surface area contributed by atoms with E-state index < -0.39 is 24.3 Å². The van der Waals surface area contributed by atoms with E-state index in [-0.39, 0.29) is 23.0 Å². The lowest BCUT2D eigenvalue weighted by Crippen LogP contribution is -2.38. The summed E-state index contributed by atoms with van der Waals surface area (Å²) in [6.07, 6.45) is -3.21. The van der Waals surface area contributed by atoms with E-state index in [2.05, 4.69) is 89.6 Å². The molecule has 3 aromatic carbocycles. The van der Waals surface area contributed by atoms with E-state index in [0.717, 1.165) is 27.5 Å². The maximum absolute atomic E-state index is 13.0. The molecule has 0 spiro atoms. The van der Waals surface area contributed by atoms with Gasteiger partial charge in [0.2, 0.25) is 0 Å². The summed E-state index contributed by atoms with van der Waals surface area (Å²) < 4.78 is 12.1. The number of hydrogen-bond acceptors (Lipinski definition) is 4. The van der Waals surface area contributed by atoms with Gasteiger partial charge in [0.1, 0.15) is 11.9 Å². The summed E-state index contributed by atoms with van der Waals surface area (Å²) in [5.41, 5.74) is 3.32. The fraction of sp³-hybridized carbons (Fsp3) is 0.364. The monoisotopic (exact) mass is 561 g/mol. The Morgan fingerprint density at radius 1 is 0.949 bits per heavy atom. The van der Waals surface area contributed by atoms with Crippen LogP contribution in [0.3, 0.4) is 0 Å². The highest BCUT2D eigenvalue weighted by Crippen LogP contribution is 2.52. The molecule has 4 rings (SSSR count). The lowest BCUT2D eigenvalue weighted by molar-refractivity contribution is -0.139. The van der Waals surface area contributed by atoms with Gasteiger partial charge in [0, 0.05) is 21.7 Å². The van der Waals surface area contributed by atoms with Crippen LogP contribution in [0.1, 0.15) is 71.2 Å². The Kier molecular flexibility index (Phi) is 8.28. The molecule has 0 unspecified atom stereocenters. The van der Waals surface area contributed by atoms with Gasteiger partial charge >= 0.3 is 5.97 Å². The Bertz CT molecular complexity index is 1360. The van der Waals surface area contributed by atoms with Gasteiger partial charge in [-0.3, -0.25) is 5.09 Å².